The number of carboxylic acid groups (broad SMARTS) is 1. The van der Waals surface area contributed by atoms with Gasteiger partial charge in [-0.2, -0.15) is 0 Å². The number of carboxylic acids is 1. The second-order valence-corrected chi connectivity index (χ2v) is 19.2. The first-order valence-electron chi connectivity index (χ1n) is 25.0. The summed E-state index contributed by atoms with van der Waals surface area (Å²) >= 11 is 0. The number of aliphatic carboxylic acids is 1. The molecule has 0 spiro atoms. The van der Waals surface area contributed by atoms with Gasteiger partial charge in [0.2, 0.25) is 0 Å². The van der Waals surface area contributed by atoms with Crippen molar-refractivity contribution in [3.05, 3.63) is 0 Å². The van der Waals surface area contributed by atoms with Crippen LogP contribution in [0.3, 0.4) is 0 Å². The summed E-state index contributed by atoms with van der Waals surface area (Å²) in [5.74, 6) is -1.75. The van der Waals surface area contributed by atoms with Gasteiger partial charge in [0.25, 0.3) is 0 Å². The fourth-order valence-electron chi connectivity index (χ4n) is 8.52. The molecule has 3 aliphatic heterocycles. The zero-order chi connectivity index (χ0) is 49.5. The number of carbonyl (C=O) groups excluding carboxylic acids is 1. The van der Waals surface area contributed by atoms with Gasteiger partial charge in [0.15, 0.2) is 25.0 Å². The Bertz CT molecular complexity index is 1330. The summed E-state index contributed by atoms with van der Waals surface area (Å²) in [7, 11) is 0. The molecule has 394 valence electrons. The van der Waals surface area contributed by atoms with Crippen LogP contribution in [-0.2, 0) is 42.7 Å². The van der Waals surface area contributed by atoms with E-state index in [1.54, 1.807) is 0 Å². The molecule has 3 aliphatic rings. The van der Waals surface area contributed by atoms with Crippen molar-refractivity contribution in [2.24, 2.45) is 5.92 Å². The topological polar surface area (TPSA) is 321 Å². The molecule has 17 atom stereocenters. The molecular formula is C47H86O20. The fraction of sp³-hybridized carbons (Fsp3) is 0.957. The zero-order valence-corrected chi connectivity index (χ0v) is 40.0. The number of unbranched alkanes of at least 4 members (excludes halogenated alkanes) is 12. The molecule has 0 bridgehead atoms. The average Bonchev–Trinajstić information content (AvgIpc) is 3.29. The van der Waals surface area contributed by atoms with Crippen molar-refractivity contribution in [2.45, 2.75) is 260 Å². The number of carbonyl (C=O) groups is 2. The molecule has 3 heterocycles. The molecule has 0 aromatic rings. The highest BCUT2D eigenvalue weighted by Gasteiger charge is 2.51. The quantitative estimate of drug-likeness (QED) is 0.0323. The van der Waals surface area contributed by atoms with Gasteiger partial charge in [-0.1, -0.05) is 111 Å². The molecule has 3 saturated heterocycles. The maximum Gasteiger partial charge on any atom is 0.332 e. The van der Waals surface area contributed by atoms with Gasteiger partial charge in [-0.15, -0.1) is 0 Å². The number of rotatable bonds is 34. The highest BCUT2D eigenvalue weighted by atomic mass is 16.8. The van der Waals surface area contributed by atoms with Gasteiger partial charge in [-0.05, 0) is 44.4 Å². The standard InChI is InChI=1S/C47H86O20/c1-4-5-19-29(20-18-23-31(49)30(48)21-16-14-12-10-8-6-7-9-11-13-15-17-22-32(50)44(59)60)64-46-42(37(54)33(51)25-62-46)67-47-43(38(55)34(52)26-63-47)66-45-41(58)40(57)39(56)35(65-45)27-61-36(53)24-28(2)3/h28-35,37-43,45-52,54-58H,4-27H2,1-3H3,(H,59,60)/t29?,30?,31-,32+,33-,34-,35-,37+,38+,39-,40+,41-,42-,43-,45+,46+,47+/m0/s1. The summed E-state index contributed by atoms with van der Waals surface area (Å²) in [6.45, 7) is 4.40. The van der Waals surface area contributed by atoms with Crippen LogP contribution in [-0.4, -0.2) is 192 Å². The van der Waals surface area contributed by atoms with Crippen LogP contribution in [0, 0.1) is 5.92 Å². The van der Waals surface area contributed by atoms with Crippen LogP contribution in [0.4, 0.5) is 0 Å². The van der Waals surface area contributed by atoms with Crippen molar-refractivity contribution in [3.63, 3.8) is 0 Å². The van der Waals surface area contributed by atoms with Crippen LogP contribution in [0.1, 0.15) is 156 Å². The Morgan fingerprint density at radius 2 is 1.04 bits per heavy atom. The maximum absolute atomic E-state index is 12.2. The third kappa shape index (κ3) is 21.3. The summed E-state index contributed by atoms with van der Waals surface area (Å²) in [5.41, 5.74) is 0. The third-order valence-corrected chi connectivity index (χ3v) is 12.8. The van der Waals surface area contributed by atoms with E-state index in [0.29, 0.717) is 38.5 Å². The number of ether oxygens (including phenoxy) is 7. The Labute approximate surface area is 395 Å². The first-order valence-corrected chi connectivity index (χ1v) is 25.0. The minimum Gasteiger partial charge on any atom is -0.479 e. The molecule has 20 nitrogen and oxygen atoms in total. The molecule has 11 N–H and O–H groups in total. The molecule has 0 aromatic heterocycles. The maximum atomic E-state index is 12.2. The van der Waals surface area contributed by atoms with Crippen LogP contribution in [0.15, 0.2) is 0 Å². The van der Waals surface area contributed by atoms with Gasteiger partial charge < -0.3 is 89.3 Å². The van der Waals surface area contributed by atoms with E-state index in [-0.39, 0.29) is 18.9 Å². The van der Waals surface area contributed by atoms with E-state index in [9.17, 15) is 60.7 Å². The van der Waals surface area contributed by atoms with Crippen molar-refractivity contribution in [2.75, 3.05) is 19.8 Å². The van der Waals surface area contributed by atoms with Gasteiger partial charge in [0, 0.05) is 6.42 Å². The van der Waals surface area contributed by atoms with Crippen molar-refractivity contribution in [1.29, 1.82) is 0 Å². The van der Waals surface area contributed by atoms with Gasteiger partial charge in [-0.3, -0.25) is 4.79 Å². The lowest BCUT2D eigenvalue weighted by Crippen LogP contribution is -2.64. The van der Waals surface area contributed by atoms with Crippen LogP contribution in [0.25, 0.3) is 0 Å². The Morgan fingerprint density at radius 1 is 0.567 bits per heavy atom. The monoisotopic (exact) mass is 971 g/mol. The van der Waals surface area contributed by atoms with Crippen molar-refractivity contribution >= 4 is 11.9 Å². The SMILES string of the molecule is CCCCC(CCC[C@H](O)C(O)CCCCCCCCCCCCCC[C@@H](O)C(=O)O)O[C@H]1OC[C@H](O)[C@@H](O)[C@@H]1O[C@H]1OC[C@H](O)[C@@H](O)[C@@H]1O[C@H]1O[C@@H](COC(=O)CC(C)C)[C@H](O)[C@@H](O)[C@@H]1O. The van der Waals surface area contributed by atoms with Gasteiger partial charge in [-0.25, -0.2) is 4.79 Å². The smallest absolute Gasteiger partial charge is 0.332 e. The van der Waals surface area contributed by atoms with Crippen molar-refractivity contribution < 1.29 is 98.9 Å². The lowest BCUT2D eigenvalue weighted by Gasteiger charge is -2.46. The highest BCUT2D eigenvalue weighted by Crippen LogP contribution is 2.32. The first kappa shape index (κ1) is 59.6. The van der Waals surface area contributed by atoms with Crippen molar-refractivity contribution in [1.82, 2.24) is 0 Å². The van der Waals surface area contributed by atoms with Gasteiger partial charge >= 0.3 is 11.9 Å². The summed E-state index contributed by atoms with van der Waals surface area (Å²) in [6, 6.07) is 0. The fourth-order valence-corrected chi connectivity index (χ4v) is 8.52. The van der Waals surface area contributed by atoms with E-state index < -0.39 is 129 Å². The van der Waals surface area contributed by atoms with E-state index >= 15 is 0 Å². The predicted octanol–water partition coefficient (Wildman–Crippen LogP) is 1.68. The number of esters is 1. The van der Waals surface area contributed by atoms with E-state index in [1.165, 1.54) is 0 Å². The molecule has 3 fully saturated rings. The van der Waals surface area contributed by atoms with E-state index in [2.05, 4.69) is 0 Å². The summed E-state index contributed by atoms with van der Waals surface area (Å²) in [5, 5.41) is 115. The van der Waals surface area contributed by atoms with Crippen molar-refractivity contribution in [3.8, 4) is 0 Å². The number of hydrogen-bond donors (Lipinski definition) is 11. The van der Waals surface area contributed by atoms with E-state index in [0.717, 1.165) is 89.9 Å². The molecule has 0 saturated carbocycles. The lowest BCUT2D eigenvalue weighted by atomic mass is 9.98. The highest BCUT2D eigenvalue weighted by molar-refractivity contribution is 5.71. The molecule has 0 radical (unpaired) electrons. The number of aliphatic hydroxyl groups is 10. The second-order valence-electron chi connectivity index (χ2n) is 19.2. The predicted molar refractivity (Wildman–Crippen MR) is 239 cm³/mol. The van der Waals surface area contributed by atoms with Crippen LogP contribution >= 0.6 is 0 Å². The van der Waals surface area contributed by atoms with Crippen LogP contribution in [0.5, 0.6) is 0 Å². The Kier molecular flexibility index (Phi) is 28.7. The van der Waals surface area contributed by atoms with Crippen LogP contribution in [0.2, 0.25) is 0 Å². The average molecular weight is 971 g/mol. The molecule has 3 rings (SSSR count). The minimum absolute atomic E-state index is 0.0120. The normalized spacial score (nSPS) is 32.2. The van der Waals surface area contributed by atoms with E-state index in [1.807, 2.05) is 20.8 Å². The Balaban J connectivity index is 1.48. The molecular weight excluding hydrogens is 884 g/mol. The van der Waals surface area contributed by atoms with E-state index in [4.69, 9.17) is 38.3 Å². The summed E-state index contributed by atoms with van der Waals surface area (Å²) in [6.07, 6.45) is -7.52. The minimum atomic E-state index is -1.88. The number of hydrogen-bond acceptors (Lipinski definition) is 19. The first-order chi connectivity index (χ1) is 31.9. The molecule has 2 unspecified atom stereocenters. The Morgan fingerprint density at radius 3 is 1.58 bits per heavy atom. The molecule has 0 aliphatic carbocycles. The lowest BCUT2D eigenvalue weighted by molar-refractivity contribution is -0.380. The Hall–Kier alpha value is -1.70. The molecule has 0 aromatic carbocycles. The summed E-state index contributed by atoms with van der Waals surface area (Å²) in [4.78, 5) is 22.9. The zero-order valence-electron chi connectivity index (χ0n) is 40.0. The second kappa shape index (κ2) is 32.3. The summed E-state index contributed by atoms with van der Waals surface area (Å²) < 4.78 is 40.8. The van der Waals surface area contributed by atoms with Gasteiger partial charge in [0.1, 0.15) is 67.6 Å². The molecule has 0 amide bonds. The third-order valence-electron chi connectivity index (χ3n) is 12.8. The van der Waals surface area contributed by atoms with Crippen LogP contribution < -0.4 is 0 Å². The molecule has 67 heavy (non-hydrogen) atoms. The molecule has 20 heteroatoms. The van der Waals surface area contributed by atoms with Gasteiger partial charge in [0.05, 0.1) is 31.5 Å². The number of aliphatic hydroxyl groups excluding tert-OH is 10. The largest absolute Gasteiger partial charge is 0.479 e.